The third-order valence-electron chi connectivity index (χ3n) is 20.6. The highest BCUT2D eigenvalue weighted by molar-refractivity contribution is 7.44. The van der Waals surface area contributed by atoms with Crippen LogP contribution in [0.25, 0.3) is 12.2 Å². The summed E-state index contributed by atoms with van der Waals surface area (Å²) in [5.41, 5.74) is 10.8. The van der Waals surface area contributed by atoms with E-state index in [0.717, 1.165) is 113 Å². The smallest absolute Gasteiger partial charge is 0.330 e. The fraction of sp³-hybridized carbons (Fsp3) is 0.475. The highest BCUT2D eigenvalue weighted by atomic mass is 31.2. The molecule has 0 spiro atoms. The van der Waals surface area contributed by atoms with Crippen molar-refractivity contribution in [3.8, 4) is 23.3 Å². The SMILES string of the molecule is COc1ccc(C(OCC2O[C@@H](n3cc(/C=C/C(=O)NCCCCCCNC(=O)CCCCCC4(C)C5=[N+](CCC6Oc7c(cc8c9c7CCCN9CCC8)C=C56)c5ccccc54)c(=O)[nH]c3=O)CC2OP(OCCC#N)N(C(C)C)C(C)C)(c2ccccc2)c2ccc(OC)cc2)cc1. The van der Waals surface area contributed by atoms with Crippen molar-refractivity contribution in [3.63, 3.8) is 0 Å². The minimum absolute atomic E-state index is 0.00641. The number of rotatable bonds is 32. The van der Waals surface area contributed by atoms with E-state index >= 15 is 0 Å². The number of hydrogen-bond donors (Lipinski definition) is 3. The van der Waals surface area contributed by atoms with Gasteiger partial charge in [0, 0.05) is 98.2 Å². The fourth-order valence-corrected chi connectivity index (χ4v) is 17.6. The van der Waals surface area contributed by atoms with Gasteiger partial charge in [0.15, 0.2) is 12.3 Å². The van der Waals surface area contributed by atoms with Crippen molar-refractivity contribution in [1.82, 2.24) is 24.9 Å². The molecule has 1 fully saturated rings. The van der Waals surface area contributed by atoms with Crippen LogP contribution in [0.3, 0.4) is 0 Å². The van der Waals surface area contributed by atoms with E-state index in [1.165, 1.54) is 80.7 Å². The van der Waals surface area contributed by atoms with Crippen molar-refractivity contribution in [2.75, 3.05) is 65.1 Å². The van der Waals surface area contributed by atoms with Gasteiger partial charge in [-0.2, -0.15) is 9.84 Å². The number of nitrogens with zero attached hydrogens (tertiary/aromatic N) is 5. The number of amides is 2. The average Bonchev–Trinajstić information content (AvgIpc) is 1.51. The van der Waals surface area contributed by atoms with Crippen molar-refractivity contribution in [1.29, 1.82) is 5.26 Å². The van der Waals surface area contributed by atoms with Gasteiger partial charge < -0.3 is 48.3 Å². The van der Waals surface area contributed by atoms with E-state index in [9.17, 15) is 24.4 Å². The van der Waals surface area contributed by atoms with E-state index < -0.39 is 49.7 Å². The number of nitrogens with one attached hydrogen (secondary N) is 3. The van der Waals surface area contributed by atoms with Gasteiger partial charge in [-0.15, -0.1) is 0 Å². The molecule has 5 unspecified atom stereocenters. The van der Waals surface area contributed by atoms with Crippen LogP contribution < -0.4 is 41.0 Å². The van der Waals surface area contributed by atoms with Crippen LogP contribution in [0.1, 0.15) is 175 Å². The van der Waals surface area contributed by atoms with Gasteiger partial charge in [-0.25, -0.2) is 9.46 Å². The van der Waals surface area contributed by atoms with E-state index in [-0.39, 0.29) is 61.1 Å². The lowest BCUT2D eigenvalue weighted by atomic mass is 9.71. The molecule has 1 aromatic heterocycles. The highest BCUT2D eigenvalue weighted by Crippen LogP contribution is 2.54. The number of aromatic amines is 1. The lowest BCUT2D eigenvalue weighted by molar-refractivity contribution is -0.444. The second-order valence-corrected chi connectivity index (χ2v) is 29.3. The summed E-state index contributed by atoms with van der Waals surface area (Å²) in [4.78, 5) is 58.7. The molecule has 6 aliphatic rings. The molecule has 5 aromatic carbocycles. The number of hydrogen-bond acceptors (Lipinski definition) is 14. The number of unbranched alkanes of at least 4 members (excludes halogenated alkanes) is 5. The fourth-order valence-electron chi connectivity index (χ4n) is 15.9. The minimum atomic E-state index is -1.79. The van der Waals surface area contributed by atoms with Crippen LogP contribution in [0.15, 0.2) is 137 Å². The van der Waals surface area contributed by atoms with Crippen molar-refractivity contribution < 1.29 is 46.9 Å². The molecular formula is C80H98N8O11P+. The number of aromatic nitrogens is 2. The Morgan fingerprint density at radius 3 is 2.22 bits per heavy atom. The van der Waals surface area contributed by atoms with Gasteiger partial charge in [-0.1, -0.05) is 98.5 Å². The van der Waals surface area contributed by atoms with E-state index in [1.807, 2.05) is 78.9 Å². The number of anilines is 1. The summed E-state index contributed by atoms with van der Waals surface area (Å²) in [5, 5.41) is 15.6. The van der Waals surface area contributed by atoms with Crippen LogP contribution in [0, 0.1) is 11.3 Å². The molecule has 19 nitrogen and oxygen atoms in total. The standard InChI is InChI=1S/C80H97N8O11P/c1-54(2)88(55(3)4)100(96-48-22-42-81)99-69-51-73(97-70(69)53-95-80(59-24-12-10-13-25-59,60-31-35-62(93-6)36-32-60)61-33-37-63(94-7)38-34-61)87-52-57(77(91)84-78(87)92)30-39-72(90)83-44-19-9-8-18-43-82-71(89)29-14-11-17-41-79(5)66-27-15-16-28-67(66)86-47-40-68-65(76(79)86)50-58-49-56-23-20-45-85-46-21-26-64(74(56)85)75(58)98-68/h10,12-13,15-16,24-25,27-28,30-39,49-50,52,54-55,68-70,73H,8-9,11,14,17-23,26,29,40-41,43-48,51,53H2,1-7H3,(H2-,82,83,84,89,90,91,92)/p+1/b39-30+/t68?,69?,70?,73-,79?,100?/m1/s1. The summed E-state index contributed by atoms with van der Waals surface area (Å²) in [6.07, 6.45) is 17.6. The first-order valence-corrected chi connectivity index (χ1v) is 37.3. The number of carbonyl (C=O) groups is 2. The lowest BCUT2D eigenvalue weighted by Crippen LogP contribution is -2.44. The Bertz CT molecular complexity index is 4070. The van der Waals surface area contributed by atoms with Crippen LogP contribution in [0.2, 0.25) is 0 Å². The normalized spacial score (nSPS) is 20.1. The zero-order chi connectivity index (χ0) is 69.9. The molecule has 0 aliphatic carbocycles. The lowest BCUT2D eigenvalue weighted by Gasteiger charge is -2.40. The zero-order valence-corrected chi connectivity index (χ0v) is 60.0. The number of fused-ring (bicyclic) bond motifs is 6. The molecule has 0 radical (unpaired) electrons. The molecule has 7 heterocycles. The molecule has 2 amide bonds. The Morgan fingerprint density at radius 2 is 1.52 bits per heavy atom. The van der Waals surface area contributed by atoms with Crippen LogP contribution >= 0.6 is 8.53 Å². The van der Waals surface area contributed by atoms with Gasteiger partial charge >= 0.3 is 5.69 Å². The number of carbonyl (C=O) groups excluding carboxylic acids is 2. The number of nitriles is 1. The molecule has 6 aliphatic heterocycles. The molecule has 6 aromatic rings. The molecular weight excluding hydrogens is 1280 g/mol. The molecule has 0 saturated carbocycles. The van der Waals surface area contributed by atoms with Gasteiger partial charge in [0.05, 0.1) is 62.6 Å². The summed E-state index contributed by atoms with van der Waals surface area (Å²) in [6, 6.07) is 38.9. The van der Waals surface area contributed by atoms with E-state index in [4.69, 9.17) is 32.7 Å². The maximum absolute atomic E-state index is 13.9. The predicted molar refractivity (Wildman–Crippen MR) is 391 cm³/mol. The van der Waals surface area contributed by atoms with Gasteiger partial charge in [-0.3, -0.25) is 23.9 Å². The summed E-state index contributed by atoms with van der Waals surface area (Å²) in [5.74, 6) is 2.16. The number of methoxy groups -OCH3 is 2. The summed E-state index contributed by atoms with van der Waals surface area (Å²) < 4.78 is 52.0. The second-order valence-electron chi connectivity index (χ2n) is 27.9. The van der Waals surface area contributed by atoms with Crippen LogP contribution in [-0.2, 0) is 52.0 Å². The van der Waals surface area contributed by atoms with Gasteiger partial charge in [-0.05, 0) is 151 Å². The zero-order valence-electron chi connectivity index (χ0n) is 59.1. The minimum Gasteiger partial charge on any atom is -0.497 e. The Labute approximate surface area is 589 Å². The van der Waals surface area contributed by atoms with Crippen LogP contribution in [0.4, 0.5) is 11.4 Å². The molecule has 12 rings (SSSR count). The molecule has 528 valence electrons. The van der Waals surface area contributed by atoms with E-state index in [2.05, 4.69) is 107 Å². The summed E-state index contributed by atoms with van der Waals surface area (Å²) in [7, 11) is 1.45. The molecule has 0 bridgehead atoms. The number of benzene rings is 5. The number of para-hydroxylation sites is 1. The topological polar surface area (TPSA) is 211 Å². The van der Waals surface area contributed by atoms with Crippen LogP contribution in [0.5, 0.6) is 17.2 Å². The first-order chi connectivity index (χ1) is 48.6. The molecule has 3 N–H and O–H groups in total. The summed E-state index contributed by atoms with van der Waals surface area (Å²) in [6.45, 7) is 15.0. The molecule has 1 saturated heterocycles. The highest BCUT2D eigenvalue weighted by Gasteiger charge is 2.55. The largest absolute Gasteiger partial charge is 0.497 e. The van der Waals surface area contributed by atoms with Crippen LogP contribution in [-0.4, -0.2) is 127 Å². The number of H-pyrrole nitrogens is 1. The van der Waals surface area contributed by atoms with E-state index in [0.29, 0.717) is 31.0 Å². The first kappa shape index (κ1) is 71.6. The molecule has 100 heavy (non-hydrogen) atoms. The first-order valence-electron chi connectivity index (χ1n) is 36.2. The van der Waals surface area contributed by atoms with Gasteiger partial charge in [0.25, 0.3) is 14.1 Å². The molecule has 6 atom stereocenters. The Hall–Kier alpha value is -8.21. The number of aryl methyl sites for hydroxylation is 1. The monoisotopic (exact) mass is 1380 g/mol. The number of ether oxygens (including phenoxy) is 5. The van der Waals surface area contributed by atoms with E-state index in [1.54, 1.807) is 14.2 Å². The Balaban J connectivity index is 0.631. The predicted octanol–water partition coefficient (Wildman–Crippen LogP) is 13.3. The maximum Gasteiger partial charge on any atom is 0.330 e. The third-order valence-corrected chi connectivity index (χ3v) is 22.8. The quantitative estimate of drug-likeness (QED) is 0.0118. The third kappa shape index (κ3) is 15.5. The Morgan fingerprint density at radius 1 is 0.850 bits per heavy atom. The molecule has 20 heteroatoms. The summed E-state index contributed by atoms with van der Waals surface area (Å²) >= 11 is 0. The van der Waals surface area contributed by atoms with Gasteiger partial charge in [0.2, 0.25) is 17.5 Å². The van der Waals surface area contributed by atoms with Crippen molar-refractivity contribution in [2.24, 2.45) is 0 Å². The van der Waals surface area contributed by atoms with Crippen molar-refractivity contribution in [2.45, 2.75) is 185 Å². The van der Waals surface area contributed by atoms with Crippen molar-refractivity contribution >= 4 is 49.6 Å². The second kappa shape index (κ2) is 32.6. The average molecular weight is 1380 g/mol. The van der Waals surface area contributed by atoms with Crippen molar-refractivity contribution in [3.05, 3.63) is 192 Å². The Kier molecular flexibility index (Phi) is 23.4. The maximum atomic E-state index is 13.9. The van der Waals surface area contributed by atoms with Gasteiger partial charge in [0.1, 0.15) is 41.3 Å².